The number of H-pyrrole nitrogens is 1. The van der Waals surface area contributed by atoms with Gasteiger partial charge in [-0.05, 0) is 54.0 Å². The predicted octanol–water partition coefficient (Wildman–Crippen LogP) is 3.26. The highest BCUT2D eigenvalue weighted by molar-refractivity contribution is 7.91. The van der Waals surface area contributed by atoms with E-state index in [-0.39, 0.29) is 16.7 Å². The summed E-state index contributed by atoms with van der Waals surface area (Å²) in [5.74, 6) is 1.02. The lowest BCUT2D eigenvalue weighted by molar-refractivity contribution is -0.132. The molecule has 1 aliphatic rings. The molecule has 1 fully saturated rings. The van der Waals surface area contributed by atoms with Crippen LogP contribution >= 0.6 is 11.3 Å². The molecule has 7 nitrogen and oxygen atoms in total. The van der Waals surface area contributed by atoms with Gasteiger partial charge >= 0.3 is 0 Å². The average Bonchev–Trinajstić information content (AvgIpc) is 3.43. The molecule has 0 atom stereocenters. The molecule has 1 aliphatic heterocycles. The normalized spacial score (nSPS) is 15.8. The maximum absolute atomic E-state index is 12.7. The summed E-state index contributed by atoms with van der Waals surface area (Å²) in [6, 6.07) is 9.24. The number of methoxy groups -OCH3 is 1. The average molecular weight is 448 g/mol. The number of benzene rings is 1. The van der Waals surface area contributed by atoms with E-state index in [2.05, 4.69) is 4.98 Å². The molecule has 0 spiro atoms. The lowest BCUT2D eigenvalue weighted by atomic mass is 9.89. The summed E-state index contributed by atoms with van der Waals surface area (Å²) in [7, 11) is -0.501. The van der Waals surface area contributed by atoms with Crippen LogP contribution in [-0.4, -0.2) is 62.3 Å². The summed E-state index contributed by atoms with van der Waals surface area (Å²) in [5.41, 5.74) is 2.32. The van der Waals surface area contributed by atoms with E-state index in [1.807, 2.05) is 24.4 Å². The lowest BCUT2D eigenvalue weighted by Crippen LogP contribution is -2.44. The number of nitrogens with one attached hydrogen (secondary N) is 1. The zero-order valence-corrected chi connectivity index (χ0v) is 18.6. The third kappa shape index (κ3) is 3.97. The monoisotopic (exact) mass is 447 g/mol. The van der Waals surface area contributed by atoms with Crippen LogP contribution in [-0.2, 0) is 14.8 Å². The third-order valence-corrected chi connectivity index (χ3v) is 8.90. The minimum atomic E-state index is -3.62. The number of nitrogens with zero attached hydrogens (tertiary/aromatic N) is 2. The fourth-order valence-electron chi connectivity index (χ4n) is 3.97. The quantitative estimate of drug-likeness (QED) is 0.629. The van der Waals surface area contributed by atoms with Crippen LogP contribution in [0.4, 0.5) is 0 Å². The second kappa shape index (κ2) is 8.41. The Morgan fingerprint density at radius 3 is 2.73 bits per heavy atom. The smallest absolute Gasteiger partial charge is 0.252 e. The number of thiophene rings is 1. The number of sulfonamides is 1. The molecule has 0 bridgehead atoms. The fraction of sp³-hybridized carbons (Fsp3) is 0.381. The topological polar surface area (TPSA) is 82.7 Å². The van der Waals surface area contributed by atoms with Gasteiger partial charge in [0.25, 0.3) is 10.0 Å². The van der Waals surface area contributed by atoms with Crippen molar-refractivity contribution >= 4 is 38.2 Å². The molecule has 3 aromatic rings. The molecule has 1 aromatic carbocycles. The van der Waals surface area contributed by atoms with E-state index in [9.17, 15) is 13.2 Å². The van der Waals surface area contributed by atoms with Crippen LogP contribution in [0.25, 0.3) is 10.9 Å². The Labute approximate surface area is 180 Å². The van der Waals surface area contributed by atoms with Gasteiger partial charge in [0.1, 0.15) is 9.96 Å². The fourth-order valence-corrected chi connectivity index (χ4v) is 6.29. The van der Waals surface area contributed by atoms with Gasteiger partial charge in [-0.25, -0.2) is 8.42 Å². The largest absolute Gasteiger partial charge is 0.497 e. The van der Waals surface area contributed by atoms with Gasteiger partial charge in [-0.3, -0.25) is 4.79 Å². The van der Waals surface area contributed by atoms with Crippen molar-refractivity contribution in [3.05, 3.63) is 47.5 Å². The van der Waals surface area contributed by atoms with Gasteiger partial charge in [0.2, 0.25) is 5.91 Å². The number of carbonyl (C=O) groups is 1. The van der Waals surface area contributed by atoms with Gasteiger partial charge in [-0.2, -0.15) is 4.31 Å². The molecule has 1 saturated heterocycles. The summed E-state index contributed by atoms with van der Waals surface area (Å²) < 4.78 is 31.8. The minimum absolute atomic E-state index is 0.144. The molecule has 0 saturated carbocycles. The summed E-state index contributed by atoms with van der Waals surface area (Å²) in [6.45, 7) is 1.09. The van der Waals surface area contributed by atoms with Crippen molar-refractivity contribution < 1.29 is 17.9 Å². The van der Waals surface area contributed by atoms with Crippen LogP contribution in [0.2, 0.25) is 0 Å². The number of ether oxygens (including phenoxy) is 1. The van der Waals surface area contributed by atoms with Gasteiger partial charge in [0.05, 0.1) is 13.7 Å². The zero-order chi connectivity index (χ0) is 21.3. The van der Waals surface area contributed by atoms with Crippen molar-refractivity contribution in [1.29, 1.82) is 0 Å². The molecule has 0 unspecified atom stereocenters. The molecule has 30 heavy (non-hydrogen) atoms. The number of rotatable bonds is 6. The van der Waals surface area contributed by atoms with Gasteiger partial charge in [0.15, 0.2) is 0 Å². The number of aromatic nitrogens is 1. The Hall–Kier alpha value is -2.36. The van der Waals surface area contributed by atoms with Crippen molar-refractivity contribution in [3.63, 3.8) is 0 Å². The van der Waals surface area contributed by atoms with Gasteiger partial charge in [-0.15, -0.1) is 11.3 Å². The van der Waals surface area contributed by atoms with Crippen molar-refractivity contribution in [2.24, 2.45) is 0 Å². The van der Waals surface area contributed by atoms with Crippen LogP contribution in [0.1, 0.15) is 24.3 Å². The van der Waals surface area contributed by atoms with Gasteiger partial charge < -0.3 is 14.6 Å². The molecule has 1 amide bonds. The van der Waals surface area contributed by atoms with Crippen LogP contribution in [0.3, 0.4) is 0 Å². The van der Waals surface area contributed by atoms with Crippen LogP contribution in [0.5, 0.6) is 5.75 Å². The number of amides is 1. The minimum Gasteiger partial charge on any atom is -0.497 e. The molecular weight excluding hydrogens is 422 g/mol. The van der Waals surface area contributed by atoms with Crippen molar-refractivity contribution in [1.82, 2.24) is 14.2 Å². The molecule has 0 aliphatic carbocycles. The highest BCUT2D eigenvalue weighted by Gasteiger charge is 2.29. The van der Waals surface area contributed by atoms with E-state index < -0.39 is 10.0 Å². The SMILES string of the molecule is COc1ccc2[nH]cc(C3CCN(C(=O)CN(C)S(=O)(=O)c4cccs4)CC3)c2c1. The van der Waals surface area contributed by atoms with E-state index in [1.54, 1.807) is 29.5 Å². The van der Waals surface area contributed by atoms with Crippen molar-refractivity contribution in [2.75, 3.05) is 33.8 Å². The summed E-state index contributed by atoms with van der Waals surface area (Å²) in [6.07, 6.45) is 3.74. The van der Waals surface area contributed by atoms with Crippen molar-refractivity contribution in [2.45, 2.75) is 23.0 Å². The Kier molecular flexibility index (Phi) is 5.86. The second-order valence-electron chi connectivity index (χ2n) is 7.50. The number of hydrogen-bond acceptors (Lipinski definition) is 5. The van der Waals surface area contributed by atoms with E-state index in [4.69, 9.17) is 4.74 Å². The molecule has 2 aromatic heterocycles. The number of fused-ring (bicyclic) bond motifs is 1. The van der Waals surface area contributed by atoms with Crippen molar-refractivity contribution in [3.8, 4) is 5.75 Å². The van der Waals surface area contributed by atoms with Gasteiger partial charge in [0, 0.05) is 37.2 Å². The Morgan fingerprint density at radius 1 is 1.30 bits per heavy atom. The molecule has 4 rings (SSSR count). The Balaban J connectivity index is 1.39. The predicted molar refractivity (Wildman–Crippen MR) is 118 cm³/mol. The summed E-state index contributed by atoms with van der Waals surface area (Å²) in [5, 5.41) is 2.87. The Morgan fingerprint density at radius 2 is 2.07 bits per heavy atom. The standard InChI is InChI=1S/C21H25N3O4S2/c1-23(30(26,27)21-4-3-11-29-21)14-20(25)24-9-7-15(8-10-24)18-13-22-19-6-5-16(28-2)12-17(18)19/h3-6,11-13,15,22H,7-10,14H2,1-2H3. The molecule has 9 heteroatoms. The molecule has 160 valence electrons. The lowest BCUT2D eigenvalue weighted by Gasteiger charge is -2.33. The summed E-state index contributed by atoms with van der Waals surface area (Å²) in [4.78, 5) is 17.8. The second-order valence-corrected chi connectivity index (χ2v) is 10.7. The number of carbonyl (C=O) groups excluding carboxylic acids is 1. The first-order valence-corrected chi connectivity index (χ1v) is 12.1. The maximum atomic E-state index is 12.7. The van der Waals surface area contributed by atoms with E-state index in [0.717, 1.165) is 45.1 Å². The number of aromatic amines is 1. The summed E-state index contributed by atoms with van der Waals surface area (Å²) >= 11 is 1.16. The highest BCUT2D eigenvalue weighted by Crippen LogP contribution is 2.34. The van der Waals surface area contributed by atoms with E-state index >= 15 is 0 Å². The molecule has 1 N–H and O–H groups in total. The molecule has 3 heterocycles. The number of hydrogen-bond donors (Lipinski definition) is 1. The Bertz CT molecular complexity index is 1130. The van der Waals surface area contributed by atoms with Crippen LogP contribution in [0, 0.1) is 0 Å². The maximum Gasteiger partial charge on any atom is 0.252 e. The third-order valence-electron chi connectivity index (χ3n) is 5.73. The van der Waals surface area contributed by atoms with E-state index in [0.29, 0.717) is 19.0 Å². The number of likely N-dealkylation sites (N-methyl/N-ethyl adjacent to an activating group) is 1. The van der Waals surface area contributed by atoms with Crippen LogP contribution < -0.4 is 4.74 Å². The first-order valence-electron chi connectivity index (χ1n) is 9.83. The number of piperidine rings is 1. The first kappa shape index (κ1) is 20.9. The number of likely N-dealkylation sites (tertiary alicyclic amines) is 1. The molecule has 0 radical (unpaired) electrons. The first-order chi connectivity index (χ1) is 14.4. The molecular formula is C21H25N3O4S2. The highest BCUT2D eigenvalue weighted by atomic mass is 32.2. The zero-order valence-electron chi connectivity index (χ0n) is 17.0. The van der Waals surface area contributed by atoms with Gasteiger partial charge in [-0.1, -0.05) is 6.07 Å². The van der Waals surface area contributed by atoms with E-state index in [1.165, 1.54) is 12.6 Å². The van der Waals surface area contributed by atoms with Crippen LogP contribution in [0.15, 0.2) is 46.1 Å².